The van der Waals surface area contributed by atoms with Crippen molar-refractivity contribution in [2.24, 2.45) is 0 Å². The van der Waals surface area contributed by atoms with E-state index in [9.17, 15) is 19.2 Å². The van der Waals surface area contributed by atoms with E-state index < -0.39 is 17.8 Å². The number of aryl methyl sites for hydroxylation is 1. The second-order valence-corrected chi connectivity index (χ2v) is 10.2. The number of carbonyl (C=O) groups excluding carboxylic acids is 2. The van der Waals surface area contributed by atoms with E-state index in [0.29, 0.717) is 28.1 Å². The number of fused-ring (bicyclic) bond motifs is 1. The Balaban J connectivity index is 1.40. The number of anilines is 1. The van der Waals surface area contributed by atoms with Crippen LogP contribution in [-0.2, 0) is 24.2 Å². The Bertz CT molecular complexity index is 1300. The molecule has 1 unspecified atom stereocenters. The van der Waals surface area contributed by atoms with Gasteiger partial charge >= 0.3 is 0 Å². The fourth-order valence-electron chi connectivity index (χ4n) is 4.07. The molecule has 1 aliphatic carbocycles. The van der Waals surface area contributed by atoms with Crippen LogP contribution in [0.1, 0.15) is 64.9 Å². The second-order valence-electron chi connectivity index (χ2n) is 8.12. The number of carbonyl (C=O) groups is 2. The van der Waals surface area contributed by atoms with Crippen molar-refractivity contribution >= 4 is 39.9 Å². The summed E-state index contributed by atoms with van der Waals surface area (Å²) in [7, 11) is 0. The maximum Gasteiger partial charge on any atom is 0.254 e. The molecule has 2 amide bonds. The minimum atomic E-state index is -0.595. The number of benzene rings is 1. The summed E-state index contributed by atoms with van der Waals surface area (Å²) < 4.78 is 15.8. The highest BCUT2D eigenvalue weighted by molar-refractivity contribution is 7.99. The van der Waals surface area contributed by atoms with E-state index in [0.717, 1.165) is 31.2 Å². The van der Waals surface area contributed by atoms with Gasteiger partial charge in [0.1, 0.15) is 16.9 Å². The SMILES string of the molecule is CCn1c(SCC(=O)Nc2sc3c(c2C#N)CCCC3)nnc1C(C)NC(=O)c1ccccc1F. The predicted molar refractivity (Wildman–Crippen MR) is 133 cm³/mol. The molecule has 35 heavy (non-hydrogen) atoms. The molecular formula is C24H25FN6O2S2. The Morgan fingerprint density at radius 1 is 1.29 bits per heavy atom. The molecule has 0 fully saturated rings. The Hall–Kier alpha value is -3.23. The molecule has 1 aliphatic rings. The van der Waals surface area contributed by atoms with E-state index in [2.05, 4.69) is 26.9 Å². The third kappa shape index (κ3) is 5.39. The molecule has 0 spiro atoms. The summed E-state index contributed by atoms with van der Waals surface area (Å²) in [6.45, 7) is 4.19. The van der Waals surface area contributed by atoms with Crippen LogP contribution >= 0.6 is 23.1 Å². The van der Waals surface area contributed by atoms with Crippen molar-refractivity contribution in [1.29, 1.82) is 5.26 Å². The van der Waals surface area contributed by atoms with Gasteiger partial charge in [0.2, 0.25) is 5.91 Å². The second kappa shape index (κ2) is 11.0. The smallest absolute Gasteiger partial charge is 0.254 e. The summed E-state index contributed by atoms with van der Waals surface area (Å²) >= 11 is 2.72. The Morgan fingerprint density at radius 2 is 2.06 bits per heavy atom. The van der Waals surface area contributed by atoms with Crippen LogP contribution < -0.4 is 10.6 Å². The largest absolute Gasteiger partial charge is 0.342 e. The van der Waals surface area contributed by atoms with Crippen molar-refractivity contribution in [2.45, 2.75) is 57.3 Å². The molecule has 182 valence electrons. The van der Waals surface area contributed by atoms with Gasteiger partial charge in [-0.3, -0.25) is 9.59 Å². The number of thiophene rings is 1. The molecule has 11 heteroatoms. The van der Waals surface area contributed by atoms with Crippen LogP contribution in [0.2, 0.25) is 0 Å². The first-order valence-corrected chi connectivity index (χ1v) is 13.2. The zero-order valence-corrected chi connectivity index (χ0v) is 21.1. The first-order valence-electron chi connectivity index (χ1n) is 11.4. The van der Waals surface area contributed by atoms with Crippen LogP contribution in [0.3, 0.4) is 0 Å². The number of halogens is 1. The lowest BCUT2D eigenvalue weighted by Gasteiger charge is -2.15. The number of thioether (sulfide) groups is 1. The average molecular weight is 513 g/mol. The fourth-order valence-corrected chi connectivity index (χ4v) is 6.14. The molecule has 0 aliphatic heterocycles. The fraction of sp³-hybridized carbons (Fsp3) is 0.375. The van der Waals surface area contributed by atoms with Crippen molar-refractivity contribution in [3.05, 3.63) is 57.5 Å². The molecule has 0 saturated heterocycles. The molecule has 1 atom stereocenters. The van der Waals surface area contributed by atoms with Gasteiger partial charge in [0.25, 0.3) is 5.91 Å². The minimum Gasteiger partial charge on any atom is -0.342 e. The summed E-state index contributed by atoms with van der Waals surface area (Å²) in [5.74, 6) is -0.748. The standard InChI is InChI=1S/C24H25FN6O2S2/c1-3-31-21(14(2)27-22(33)16-9-4-6-10-18(16)25)29-30-24(31)34-13-20(32)28-23-17(12-26)15-8-5-7-11-19(15)35-23/h4,6,9-10,14H,3,5,7-8,11,13H2,1-2H3,(H,27,33)(H,28,32). The van der Waals surface area contributed by atoms with Crippen molar-refractivity contribution in [3.63, 3.8) is 0 Å². The minimum absolute atomic E-state index is 0.0415. The summed E-state index contributed by atoms with van der Waals surface area (Å²) in [5, 5.41) is 24.8. The van der Waals surface area contributed by atoms with E-state index in [4.69, 9.17) is 0 Å². The molecule has 8 nitrogen and oxygen atoms in total. The maximum absolute atomic E-state index is 13.9. The van der Waals surface area contributed by atoms with Crippen LogP contribution in [-0.4, -0.2) is 32.3 Å². The highest BCUT2D eigenvalue weighted by Gasteiger charge is 2.23. The number of amides is 2. The normalized spacial score (nSPS) is 13.5. The molecule has 0 radical (unpaired) electrons. The van der Waals surface area contributed by atoms with Crippen molar-refractivity contribution in [2.75, 3.05) is 11.1 Å². The Kier molecular flexibility index (Phi) is 7.83. The summed E-state index contributed by atoms with van der Waals surface area (Å²) in [6.07, 6.45) is 4.01. The molecule has 2 N–H and O–H groups in total. The van der Waals surface area contributed by atoms with Gasteiger partial charge in [-0.05, 0) is 57.2 Å². The Morgan fingerprint density at radius 3 is 2.80 bits per heavy atom. The first-order chi connectivity index (χ1) is 16.9. The van der Waals surface area contributed by atoms with Gasteiger partial charge in [-0.15, -0.1) is 21.5 Å². The number of hydrogen-bond acceptors (Lipinski definition) is 7. The number of nitriles is 1. The topological polar surface area (TPSA) is 113 Å². The number of rotatable bonds is 8. The van der Waals surface area contributed by atoms with Gasteiger partial charge in [-0.25, -0.2) is 4.39 Å². The number of nitrogens with zero attached hydrogens (tertiary/aromatic N) is 4. The number of hydrogen-bond donors (Lipinski definition) is 2. The molecule has 0 saturated carbocycles. The van der Waals surface area contributed by atoms with Crippen molar-refractivity contribution < 1.29 is 14.0 Å². The summed E-state index contributed by atoms with van der Waals surface area (Å²) in [5.41, 5.74) is 1.62. The lowest BCUT2D eigenvalue weighted by Crippen LogP contribution is -2.29. The molecule has 1 aromatic carbocycles. The van der Waals surface area contributed by atoms with E-state index >= 15 is 0 Å². The molecule has 2 aromatic heterocycles. The number of aromatic nitrogens is 3. The summed E-state index contributed by atoms with van der Waals surface area (Å²) in [6, 6.07) is 7.51. The van der Waals surface area contributed by atoms with Crippen LogP contribution in [0.4, 0.5) is 9.39 Å². The van der Waals surface area contributed by atoms with Gasteiger partial charge in [0, 0.05) is 11.4 Å². The predicted octanol–water partition coefficient (Wildman–Crippen LogP) is 4.47. The van der Waals surface area contributed by atoms with E-state index in [1.807, 2.05) is 11.5 Å². The maximum atomic E-state index is 13.9. The Labute approximate surface area is 210 Å². The van der Waals surface area contributed by atoms with Gasteiger partial charge in [0.05, 0.1) is 22.9 Å². The summed E-state index contributed by atoms with van der Waals surface area (Å²) in [4.78, 5) is 26.3. The third-order valence-electron chi connectivity index (χ3n) is 5.78. The molecule has 3 aromatic rings. The van der Waals surface area contributed by atoms with Gasteiger partial charge in [-0.2, -0.15) is 5.26 Å². The van der Waals surface area contributed by atoms with E-state index in [1.165, 1.54) is 46.2 Å². The molecular weight excluding hydrogens is 487 g/mol. The lowest BCUT2D eigenvalue weighted by atomic mass is 9.96. The van der Waals surface area contributed by atoms with Gasteiger partial charge in [-0.1, -0.05) is 23.9 Å². The van der Waals surface area contributed by atoms with E-state index in [-0.39, 0.29) is 17.2 Å². The highest BCUT2D eigenvalue weighted by Crippen LogP contribution is 2.37. The van der Waals surface area contributed by atoms with Gasteiger partial charge < -0.3 is 15.2 Å². The monoisotopic (exact) mass is 512 g/mol. The molecule has 2 heterocycles. The third-order valence-corrected chi connectivity index (χ3v) is 7.96. The van der Waals surface area contributed by atoms with E-state index in [1.54, 1.807) is 13.0 Å². The van der Waals surface area contributed by atoms with Crippen molar-refractivity contribution in [3.8, 4) is 6.07 Å². The molecule has 0 bridgehead atoms. The van der Waals surface area contributed by atoms with Crippen LogP contribution in [0.5, 0.6) is 0 Å². The van der Waals surface area contributed by atoms with Crippen molar-refractivity contribution in [1.82, 2.24) is 20.1 Å². The quantitative estimate of drug-likeness (QED) is 0.431. The zero-order valence-electron chi connectivity index (χ0n) is 19.4. The van der Waals surface area contributed by atoms with Crippen LogP contribution in [0, 0.1) is 17.1 Å². The number of nitrogens with one attached hydrogen (secondary N) is 2. The van der Waals surface area contributed by atoms with Gasteiger partial charge in [0.15, 0.2) is 11.0 Å². The lowest BCUT2D eigenvalue weighted by molar-refractivity contribution is -0.113. The van der Waals surface area contributed by atoms with Crippen LogP contribution in [0.25, 0.3) is 0 Å². The molecule has 4 rings (SSSR count). The first kappa shape index (κ1) is 24.9. The van der Waals surface area contributed by atoms with Crippen LogP contribution in [0.15, 0.2) is 29.4 Å². The zero-order chi connectivity index (χ0) is 24.9. The highest BCUT2D eigenvalue weighted by atomic mass is 32.2. The average Bonchev–Trinajstić information content (AvgIpc) is 3.43.